The second kappa shape index (κ2) is 7.82. The molecule has 2 rings (SSSR count). The van der Waals surface area contributed by atoms with E-state index >= 15 is 0 Å². The van der Waals surface area contributed by atoms with Gasteiger partial charge in [0, 0.05) is 30.4 Å². The maximum Gasteiger partial charge on any atom is 0.253 e. The number of nitrogens with one attached hydrogen (secondary N) is 2. The van der Waals surface area contributed by atoms with Crippen molar-refractivity contribution in [3.63, 3.8) is 0 Å². The highest BCUT2D eigenvalue weighted by molar-refractivity contribution is 5.94. The molecule has 2 N–H and O–H groups in total. The molecule has 5 heteroatoms. The molecule has 1 aliphatic rings. The van der Waals surface area contributed by atoms with Crippen molar-refractivity contribution in [2.75, 3.05) is 25.0 Å². The minimum atomic E-state index is -0.0217. The van der Waals surface area contributed by atoms with Gasteiger partial charge in [0.2, 0.25) is 5.91 Å². The quantitative estimate of drug-likeness (QED) is 0.847. The minimum Gasteiger partial charge on any atom is -0.376 e. The zero-order chi connectivity index (χ0) is 15.9. The third-order valence-corrected chi connectivity index (χ3v) is 4.00. The Balaban J connectivity index is 1.84. The van der Waals surface area contributed by atoms with Crippen LogP contribution >= 0.6 is 0 Å². The fraction of sp³-hybridized carbons (Fsp3) is 0.529. The molecule has 120 valence electrons. The van der Waals surface area contributed by atoms with Crippen molar-refractivity contribution in [1.82, 2.24) is 10.2 Å². The Hall–Kier alpha value is -2.04. The van der Waals surface area contributed by atoms with E-state index in [2.05, 4.69) is 10.6 Å². The van der Waals surface area contributed by atoms with Crippen LogP contribution < -0.4 is 10.6 Å². The summed E-state index contributed by atoms with van der Waals surface area (Å²) in [5.74, 6) is 0.0742. The molecule has 1 unspecified atom stereocenters. The SMILES string of the molecule is CCC(C)NC(=O)CNc1ccc(C(=O)N2CCCC2)cc1. The van der Waals surface area contributed by atoms with Crippen LogP contribution in [-0.4, -0.2) is 42.4 Å². The predicted octanol–water partition coefficient (Wildman–Crippen LogP) is 2.25. The molecular formula is C17H25N3O2. The molecule has 0 radical (unpaired) electrons. The fourth-order valence-electron chi connectivity index (χ4n) is 2.44. The van der Waals surface area contributed by atoms with Gasteiger partial charge in [-0.05, 0) is 50.5 Å². The van der Waals surface area contributed by atoms with E-state index in [0.29, 0.717) is 5.56 Å². The standard InChI is InChI=1S/C17H25N3O2/c1-3-13(2)19-16(21)12-18-15-8-6-14(7-9-15)17(22)20-10-4-5-11-20/h6-9,13,18H,3-5,10-12H2,1-2H3,(H,19,21). The number of likely N-dealkylation sites (tertiary alicyclic amines) is 1. The molecule has 0 aliphatic carbocycles. The molecule has 22 heavy (non-hydrogen) atoms. The minimum absolute atomic E-state index is 0.0217. The summed E-state index contributed by atoms with van der Waals surface area (Å²) in [4.78, 5) is 25.8. The third-order valence-electron chi connectivity index (χ3n) is 4.00. The summed E-state index contributed by atoms with van der Waals surface area (Å²) in [7, 11) is 0. The van der Waals surface area contributed by atoms with Crippen molar-refractivity contribution in [3.05, 3.63) is 29.8 Å². The Morgan fingerprint density at radius 3 is 2.41 bits per heavy atom. The molecule has 2 amide bonds. The number of rotatable bonds is 6. The van der Waals surface area contributed by atoms with Gasteiger partial charge in [0.05, 0.1) is 6.54 Å². The van der Waals surface area contributed by atoms with Crippen LogP contribution in [0.15, 0.2) is 24.3 Å². The molecule has 5 nitrogen and oxygen atoms in total. The van der Waals surface area contributed by atoms with Crippen molar-refractivity contribution in [2.45, 2.75) is 39.2 Å². The average Bonchev–Trinajstić information content (AvgIpc) is 3.07. The molecule has 1 aromatic carbocycles. The monoisotopic (exact) mass is 303 g/mol. The maximum atomic E-state index is 12.2. The van der Waals surface area contributed by atoms with E-state index in [1.165, 1.54) is 0 Å². The predicted molar refractivity (Wildman–Crippen MR) is 88.0 cm³/mol. The van der Waals surface area contributed by atoms with Gasteiger partial charge in [0.1, 0.15) is 0 Å². The summed E-state index contributed by atoms with van der Waals surface area (Å²) in [6.45, 7) is 5.97. The number of nitrogens with zero attached hydrogens (tertiary/aromatic N) is 1. The van der Waals surface area contributed by atoms with Crippen LogP contribution in [-0.2, 0) is 4.79 Å². The largest absolute Gasteiger partial charge is 0.376 e. The highest BCUT2D eigenvalue weighted by Crippen LogP contribution is 2.15. The lowest BCUT2D eigenvalue weighted by Crippen LogP contribution is -2.36. The Morgan fingerprint density at radius 1 is 1.18 bits per heavy atom. The summed E-state index contributed by atoms with van der Waals surface area (Å²) >= 11 is 0. The van der Waals surface area contributed by atoms with E-state index in [1.54, 1.807) is 0 Å². The first-order chi connectivity index (χ1) is 10.6. The van der Waals surface area contributed by atoms with E-state index in [-0.39, 0.29) is 24.4 Å². The lowest BCUT2D eigenvalue weighted by Gasteiger charge is -2.15. The van der Waals surface area contributed by atoms with Crippen molar-refractivity contribution in [3.8, 4) is 0 Å². The van der Waals surface area contributed by atoms with E-state index < -0.39 is 0 Å². The number of hydrogen-bond donors (Lipinski definition) is 2. The van der Waals surface area contributed by atoms with Crippen LogP contribution in [0, 0.1) is 0 Å². The summed E-state index contributed by atoms with van der Waals surface area (Å²) in [5, 5.41) is 5.98. The van der Waals surface area contributed by atoms with E-state index in [9.17, 15) is 9.59 Å². The molecule has 1 fully saturated rings. The van der Waals surface area contributed by atoms with E-state index in [0.717, 1.165) is 38.0 Å². The summed E-state index contributed by atoms with van der Waals surface area (Å²) in [6.07, 6.45) is 3.10. The highest BCUT2D eigenvalue weighted by Gasteiger charge is 2.19. The lowest BCUT2D eigenvalue weighted by atomic mass is 10.2. The number of hydrogen-bond acceptors (Lipinski definition) is 3. The van der Waals surface area contributed by atoms with Gasteiger partial charge in [-0.25, -0.2) is 0 Å². The van der Waals surface area contributed by atoms with Gasteiger partial charge in [-0.2, -0.15) is 0 Å². The Morgan fingerprint density at radius 2 is 1.82 bits per heavy atom. The van der Waals surface area contributed by atoms with Gasteiger partial charge >= 0.3 is 0 Å². The Bertz CT molecular complexity index is 507. The topological polar surface area (TPSA) is 61.4 Å². The lowest BCUT2D eigenvalue weighted by molar-refractivity contribution is -0.120. The van der Waals surface area contributed by atoms with Crippen LogP contribution in [0.1, 0.15) is 43.5 Å². The van der Waals surface area contributed by atoms with E-state index in [1.807, 2.05) is 43.0 Å². The molecular weight excluding hydrogens is 278 g/mol. The molecule has 0 saturated carbocycles. The fourth-order valence-corrected chi connectivity index (χ4v) is 2.44. The van der Waals surface area contributed by atoms with Crippen LogP contribution in [0.5, 0.6) is 0 Å². The number of carbonyl (C=O) groups is 2. The molecule has 1 aromatic rings. The first-order valence-electron chi connectivity index (χ1n) is 8.02. The van der Waals surface area contributed by atoms with Gasteiger partial charge in [-0.1, -0.05) is 6.92 Å². The van der Waals surface area contributed by atoms with Crippen molar-refractivity contribution < 1.29 is 9.59 Å². The first kappa shape index (κ1) is 16.3. The van der Waals surface area contributed by atoms with Gasteiger partial charge in [0.15, 0.2) is 0 Å². The molecule has 0 aromatic heterocycles. The zero-order valence-electron chi connectivity index (χ0n) is 13.4. The summed E-state index contributed by atoms with van der Waals surface area (Å²) in [6, 6.07) is 7.51. The van der Waals surface area contributed by atoms with Crippen LogP contribution in [0.25, 0.3) is 0 Å². The van der Waals surface area contributed by atoms with Gasteiger partial charge in [0.25, 0.3) is 5.91 Å². The maximum absolute atomic E-state index is 12.2. The average molecular weight is 303 g/mol. The van der Waals surface area contributed by atoms with Gasteiger partial charge in [-0.15, -0.1) is 0 Å². The van der Waals surface area contributed by atoms with Crippen molar-refractivity contribution in [1.29, 1.82) is 0 Å². The highest BCUT2D eigenvalue weighted by atomic mass is 16.2. The van der Waals surface area contributed by atoms with E-state index in [4.69, 9.17) is 0 Å². The Kier molecular flexibility index (Phi) is 5.81. The second-order valence-electron chi connectivity index (χ2n) is 5.81. The first-order valence-corrected chi connectivity index (χ1v) is 8.02. The van der Waals surface area contributed by atoms with Crippen LogP contribution in [0.3, 0.4) is 0 Å². The molecule has 1 atom stereocenters. The van der Waals surface area contributed by atoms with Crippen molar-refractivity contribution >= 4 is 17.5 Å². The molecule has 1 heterocycles. The number of anilines is 1. The van der Waals surface area contributed by atoms with Crippen LogP contribution in [0.2, 0.25) is 0 Å². The van der Waals surface area contributed by atoms with Gasteiger partial charge in [-0.3, -0.25) is 9.59 Å². The number of benzene rings is 1. The molecule has 1 saturated heterocycles. The molecule has 1 aliphatic heterocycles. The normalized spacial score (nSPS) is 15.5. The number of carbonyl (C=O) groups excluding carboxylic acids is 2. The third kappa shape index (κ3) is 4.48. The molecule has 0 bridgehead atoms. The van der Waals surface area contributed by atoms with Gasteiger partial charge < -0.3 is 15.5 Å². The second-order valence-corrected chi connectivity index (χ2v) is 5.81. The van der Waals surface area contributed by atoms with Crippen LogP contribution in [0.4, 0.5) is 5.69 Å². The Labute approximate surface area is 132 Å². The summed E-state index contributed by atoms with van der Waals surface area (Å²) in [5.41, 5.74) is 1.55. The zero-order valence-corrected chi connectivity index (χ0v) is 13.4. The number of amides is 2. The van der Waals surface area contributed by atoms with Crippen molar-refractivity contribution in [2.24, 2.45) is 0 Å². The smallest absolute Gasteiger partial charge is 0.253 e. The summed E-state index contributed by atoms with van der Waals surface area (Å²) < 4.78 is 0. The molecule has 0 spiro atoms.